The molecule has 1 saturated carbocycles. The Labute approximate surface area is 206 Å². The quantitative estimate of drug-likeness (QED) is 0.234. The molecular weight excluding hydrogens is 454 g/mol. The topological polar surface area (TPSA) is 130 Å². The summed E-state index contributed by atoms with van der Waals surface area (Å²) in [6.07, 6.45) is 6.13. The van der Waals surface area contributed by atoms with Crippen molar-refractivity contribution in [2.75, 3.05) is 28.6 Å². The molecule has 2 aliphatic rings. The molecule has 1 aliphatic carbocycles. The molecule has 10 nitrogen and oxygen atoms in total. The minimum Gasteiger partial charge on any atom is -0.372 e. The van der Waals surface area contributed by atoms with Gasteiger partial charge in [-0.1, -0.05) is 0 Å². The monoisotopic (exact) mass is 481 g/mol. The molecule has 0 atom stereocenters. The van der Waals surface area contributed by atoms with Gasteiger partial charge in [0.1, 0.15) is 11.6 Å². The summed E-state index contributed by atoms with van der Waals surface area (Å²) in [5, 5.41) is 21.4. The van der Waals surface area contributed by atoms with Gasteiger partial charge in [-0.05, 0) is 68.5 Å². The van der Waals surface area contributed by atoms with Gasteiger partial charge in [0.25, 0.3) is 5.56 Å². The molecule has 0 radical (unpaired) electrons. The minimum atomic E-state index is -0.139. The zero-order valence-corrected chi connectivity index (χ0v) is 19.8. The van der Waals surface area contributed by atoms with E-state index >= 15 is 0 Å². The van der Waals surface area contributed by atoms with Crippen LogP contribution >= 0.6 is 0 Å². The fourth-order valence-corrected chi connectivity index (χ4v) is 4.98. The Bertz CT molecular complexity index is 1620. The van der Waals surface area contributed by atoms with Gasteiger partial charge in [0.15, 0.2) is 0 Å². The number of aromatic nitrogens is 6. The third kappa shape index (κ3) is 3.94. The van der Waals surface area contributed by atoms with E-state index < -0.39 is 0 Å². The molecule has 0 unspecified atom stereocenters. The summed E-state index contributed by atoms with van der Waals surface area (Å²) in [7, 11) is 0. The van der Waals surface area contributed by atoms with E-state index in [1.54, 1.807) is 6.07 Å². The Kier molecular flexibility index (Phi) is 4.90. The summed E-state index contributed by atoms with van der Waals surface area (Å²) < 4.78 is 0. The SMILES string of the molecule is O=c1[nH][nH]c2cc(Nc3nc(Nc4cc(C5CC5)n[nH]4)c4cc(N5CCCCC5)ccc4n3)ccc12. The van der Waals surface area contributed by atoms with E-state index in [1.165, 1.54) is 37.8 Å². The van der Waals surface area contributed by atoms with Gasteiger partial charge in [-0.15, -0.1) is 0 Å². The third-order valence-corrected chi connectivity index (χ3v) is 7.08. The van der Waals surface area contributed by atoms with Crippen LogP contribution in [-0.2, 0) is 0 Å². The molecule has 0 bridgehead atoms. The van der Waals surface area contributed by atoms with E-state index in [1.807, 2.05) is 12.1 Å². The van der Waals surface area contributed by atoms with Crippen molar-refractivity contribution in [2.45, 2.75) is 38.0 Å². The van der Waals surface area contributed by atoms with E-state index in [4.69, 9.17) is 9.97 Å². The number of nitrogens with zero attached hydrogens (tertiary/aromatic N) is 4. The van der Waals surface area contributed by atoms with Crippen LogP contribution in [0, 0.1) is 0 Å². The number of hydrogen-bond donors (Lipinski definition) is 5. The van der Waals surface area contributed by atoms with Gasteiger partial charge in [0.05, 0.1) is 22.1 Å². The highest BCUT2D eigenvalue weighted by Gasteiger charge is 2.26. The number of piperidine rings is 1. The zero-order valence-electron chi connectivity index (χ0n) is 19.8. The summed E-state index contributed by atoms with van der Waals surface area (Å²) in [6, 6.07) is 14.0. The molecule has 0 spiro atoms. The number of anilines is 5. The largest absolute Gasteiger partial charge is 0.372 e. The van der Waals surface area contributed by atoms with Crippen molar-refractivity contribution in [2.24, 2.45) is 0 Å². The Morgan fingerprint density at radius 2 is 1.78 bits per heavy atom. The van der Waals surface area contributed by atoms with Crippen LogP contribution in [0.15, 0.2) is 47.3 Å². The molecule has 10 heteroatoms. The van der Waals surface area contributed by atoms with Crippen molar-refractivity contribution in [3.8, 4) is 0 Å². The highest BCUT2D eigenvalue weighted by Crippen LogP contribution is 2.40. The predicted molar refractivity (Wildman–Crippen MR) is 142 cm³/mol. The number of aromatic amines is 3. The van der Waals surface area contributed by atoms with Gasteiger partial charge in [-0.25, -0.2) is 4.98 Å². The fraction of sp³-hybridized carbons (Fsp3) is 0.308. The summed E-state index contributed by atoms with van der Waals surface area (Å²) in [5.74, 6) is 2.56. The number of H-pyrrole nitrogens is 3. The average Bonchev–Trinajstić information content (AvgIpc) is 3.55. The summed E-state index contributed by atoms with van der Waals surface area (Å²) >= 11 is 0. The Morgan fingerprint density at radius 3 is 2.64 bits per heavy atom. The van der Waals surface area contributed by atoms with Gasteiger partial charge in [0.2, 0.25) is 5.95 Å². The second kappa shape index (κ2) is 8.40. The molecule has 7 rings (SSSR count). The summed E-state index contributed by atoms with van der Waals surface area (Å²) in [5.41, 5.74) is 4.50. The first kappa shape index (κ1) is 21.0. The van der Waals surface area contributed by atoms with Crippen molar-refractivity contribution in [3.05, 3.63) is 58.5 Å². The summed E-state index contributed by atoms with van der Waals surface area (Å²) in [4.78, 5) is 23.9. The molecule has 1 aliphatic heterocycles. The van der Waals surface area contributed by atoms with Crippen molar-refractivity contribution in [1.82, 2.24) is 30.4 Å². The molecule has 5 N–H and O–H groups in total. The van der Waals surface area contributed by atoms with Crippen molar-refractivity contribution < 1.29 is 0 Å². The first-order chi connectivity index (χ1) is 17.7. The average molecular weight is 482 g/mol. The van der Waals surface area contributed by atoms with Crippen molar-refractivity contribution in [1.29, 1.82) is 0 Å². The van der Waals surface area contributed by atoms with E-state index in [2.05, 4.69) is 60.2 Å². The van der Waals surface area contributed by atoms with Crippen LogP contribution in [0.25, 0.3) is 21.8 Å². The molecule has 5 aromatic rings. The van der Waals surface area contributed by atoms with Gasteiger partial charge < -0.3 is 15.5 Å². The van der Waals surface area contributed by atoms with Crippen LogP contribution in [-0.4, -0.2) is 43.5 Å². The van der Waals surface area contributed by atoms with Crippen molar-refractivity contribution in [3.63, 3.8) is 0 Å². The highest BCUT2D eigenvalue weighted by atomic mass is 16.1. The van der Waals surface area contributed by atoms with Crippen LogP contribution in [0.1, 0.15) is 43.7 Å². The van der Waals surface area contributed by atoms with Crippen molar-refractivity contribution >= 4 is 50.8 Å². The lowest BCUT2D eigenvalue weighted by Crippen LogP contribution is -2.29. The van der Waals surface area contributed by atoms with Crippen LogP contribution in [0.5, 0.6) is 0 Å². The lowest BCUT2D eigenvalue weighted by Gasteiger charge is -2.29. The number of hydrogen-bond acceptors (Lipinski definition) is 7. The van der Waals surface area contributed by atoms with E-state index in [-0.39, 0.29) is 5.56 Å². The zero-order chi connectivity index (χ0) is 24.1. The van der Waals surface area contributed by atoms with Crippen LogP contribution < -0.4 is 21.1 Å². The van der Waals surface area contributed by atoms with Gasteiger partial charge in [0, 0.05) is 41.8 Å². The number of rotatable bonds is 6. The number of benzene rings is 2. The lowest BCUT2D eigenvalue weighted by molar-refractivity contribution is 0.578. The molecule has 0 amide bonds. The number of fused-ring (bicyclic) bond motifs is 2. The summed E-state index contributed by atoms with van der Waals surface area (Å²) in [6.45, 7) is 2.15. The van der Waals surface area contributed by atoms with E-state index in [0.717, 1.165) is 46.7 Å². The highest BCUT2D eigenvalue weighted by molar-refractivity contribution is 5.94. The smallest absolute Gasteiger partial charge is 0.271 e. The Balaban J connectivity index is 1.27. The van der Waals surface area contributed by atoms with E-state index in [9.17, 15) is 4.79 Å². The minimum absolute atomic E-state index is 0.139. The van der Waals surface area contributed by atoms with Gasteiger partial charge in [-0.3, -0.25) is 20.1 Å². The molecule has 4 heterocycles. The maximum atomic E-state index is 11.9. The normalized spacial score (nSPS) is 16.1. The molecular formula is C26H27N9O. The van der Waals surface area contributed by atoms with Crippen LogP contribution in [0.4, 0.5) is 29.0 Å². The first-order valence-electron chi connectivity index (χ1n) is 12.6. The van der Waals surface area contributed by atoms with Gasteiger partial charge >= 0.3 is 0 Å². The number of nitrogens with one attached hydrogen (secondary N) is 5. The molecule has 1 saturated heterocycles. The fourth-order valence-electron chi connectivity index (χ4n) is 4.98. The second-order valence-electron chi connectivity index (χ2n) is 9.72. The standard InChI is InChI=1S/C26H27N9O/c36-25-18-8-6-16(12-22(18)32-34-25)27-26-28-20-9-7-17(35-10-2-1-3-11-35)13-19(20)24(30-26)29-23-14-21(31-33-23)15-4-5-15/h6-9,12-15H,1-5,10-11H2,(H2,32,34,36)(H3,27,28,29,30,31,33). The van der Waals surface area contributed by atoms with Gasteiger partial charge in [-0.2, -0.15) is 10.1 Å². The predicted octanol–water partition coefficient (Wildman–Crippen LogP) is 4.88. The molecule has 182 valence electrons. The first-order valence-corrected chi connectivity index (χ1v) is 12.6. The van der Waals surface area contributed by atoms with Crippen LogP contribution in [0.2, 0.25) is 0 Å². The molecule has 36 heavy (non-hydrogen) atoms. The third-order valence-electron chi connectivity index (χ3n) is 7.08. The maximum absolute atomic E-state index is 11.9. The van der Waals surface area contributed by atoms with E-state index in [0.29, 0.717) is 23.1 Å². The Morgan fingerprint density at radius 1 is 0.889 bits per heavy atom. The maximum Gasteiger partial charge on any atom is 0.271 e. The second-order valence-corrected chi connectivity index (χ2v) is 9.72. The molecule has 2 fully saturated rings. The Hall–Kier alpha value is -4.34. The van der Waals surface area contributed by atoms with Crippen LogP contribution in [0.3, 0.4) is 0 Å². The lowest BCUT2D eigenvalue weighted by atomic mass is 10.1. The molecule has 3 aromatic heterocycles. The molecule has 2 aromatic carbocycles.